The van der Waals surface area contributed by atoms with Crippen molar-refractivity contribution >= 4 is 40.9 Å². The Morgan fingerprint density at radius 1 is 1.32 bits per heavy atom. The molecule has 0 aromatic heterocycles. The van der Waals surface area contributed by atoms with E-state index in [1.54, 1.807) is 34.1 Å². The molecule has 28 heavy (non-hydrogen) atoms. The number of amides is 2. The number of nitrogens with zero attached hydrogens (tertiary/aromatic N) is 3. The molecule has 2 amide bonds. The summed E-state index contributed by atoms with van der Waals surface area (Å²) in [5.41, 5.74) is 2.95. The predicted molar refractivity (Wildman–Crippen MR) is 110 cm³/mol. The molecular formula is C21H18ClN3O2S. The van der Waals surface area contributed by atoms with E-state index in [1.165, 1.54) is 11.8 Å². The SMILES string of the molecule is CCC(=O)N1CCS[C@@]12C(=O)N(Cc1cccc(C#N)c1)c1ccc(Cl)cc12. The van der Waals surface area contributed by atoms with Gasteiger partial charge in [0.2, 0.25) is 5.91 Å². The predicted octanol–water partition coefficient (Wildman–Crippen LogP) is 3.90. The highest BCUT2D eigenvalue weighted by Gasteiger charge is 2.59. The van der Waals surface area contributed by atoms with E-state index in [-0.39, 0.29) is 11.8 Å². The van der Waals surface area contributed by atoms with Gasteiger partial charge in [-0.1, -0.05) is 30.7 Å². The Balaban J connectivity index is 1.81. The first kappa shape index (κ1) is 18.9. The largest absolute Gasteiger partial charge is 0.315 e. The van der Waals surface area contributed by atoms with Crippen LogP contribution < -0.4 is 4.90 Å². The number of halogens is 1. The highest BCUT2D eigenvalue weighted by atomic mass is 35.5. The maximum Gasteiger partial charge on any atom is 0.268 e. The van der Waals surface area contributed by atoms with Crippen molar-refractivity contribution in [3.63, 3.8) is 0 Å². The maximum atomic E-state index is 13.7. The quantitative estimate of drug-likeness (QED) is 0.768. The average molecular weight is 412 g/mol. The summed E-state index contributed by atoms with van der Waals surface area (Å²) < 4.78 is 0. The van der Waals surface area contributed by atoms with E-state index in [4.69, 9.17) is 16.9 Å². The molecule has 2 aromatic carbocycles. The van der Waals surface area contributed by atoms with Crippen molar-refractivity contribution < 1.29 is 9.59 Å². The summed E-state index contributed by atoms with van der Waals surface area (Å²) in [6.07, 6.45) is 0.343. The third-order valence-electron chi connectivity index (χ3n) is 5.16. The van der Waals surface area contributed by atoms with Crippen molar-refractivity contribution in [2.24, 2.45) is 0 Å². The summed E-state index contributed by atoms with van der Waals surface area (Å²) >= 11 is 7.75. The molecule has 0 saturated carbocycles. The fraction of sp³-hybridized carbons (Fsp3) is 0.286. The van der Waals surface area contributed by atoms with Gasteiger partial charge in [0.05, 0.1) is 23.9 Å². The number of carbonyl (C=O) groups excluding carboxylic acids is 2. The van der Waals surface area contributed by atoms with E-state index in [9.17, 15) is 9.59 Å². The van der Waals surface area contributed by atoms with Crippen molar-refractivity contribution in [1.29, 1.82) is 5.26 Å². The molecule has 142 valence electrons. The van der Waals surface area contributed by atoms with Crippen LogP contribution in [0, 0.1) is 11.3 Å². The Morgan fingerprint density at radius 2 is 2.14 bits per heavy atom. The molecule has 1 fully saturated rings. The lowest BCUT2D eigenvalue weighted by atomic mass is 10.1. The second-order valence-corrected chi connectivity index (χ2v) is 8.48. The number of hydrogen-bond donors (Lipinski definition) is 0. The van der Waals surface area contributed by atoms with Crippen molar-refractivity contribution in [1.82, 2.24) is 4.90 Å². The first-order valence-electron chi connectivity index (χ1n) is 9.06. The molecule has 1 saturated heterocycles. The molecule has 7 heteroatoms. The summed E-state index contributed by atoms with van der Waals surface area (Å²) in [6.45, 7) is 2.68. The number of thioether (sulfide) groups is 1. The van der Waals surface area contributed by atoms with Crippen molar-refractivity contribution in [3.05, 3.63) is 64.2 Å². The number of hydrogen-bond acceptors (Lipinski definition) is 4. The molecule has 0 N–H and O–H groups in total. The Morgan fingerprint density at radius 3 is 2.89 bits per heavy atom. The van der Waals surface area contributed by atoms with E-state index in [1.807, 2.05) is 25.1 Å². The summed E-state index contributed by atoms with van der Waals surface area (Å²) in [4.78, 5) is 28.7. The van der Waals surface area contributed by atoms with Gasteiger partial charge in [0.1, 0.15) is 0 Å². The van der Waals surface area contributed by atoms with Crippen molar-refractivity contribution in [2.75, 3.05) is 17.2 Å². The molecule has 0 unspecified atom stereocenters. The Bertz CT molecular complexity index is 1020. The van der Waals surface area contributed by atoms with Gasteiger partial charge in [-0.15, -0.1) is 11.8 Å². The highest BCUT2D eigenvalue weighted by molar-refractivity contribution is 8.01. The summed E-state index contributed by atoms with van der Waals surface area (Å²) in [6, 6.07) is 14.8. The van der Waals surface area contributed by atoms with Gasteiger partial charge < -0.3 is 9.80 Å². The van der Waals surface area contributed by atoms with Crippen molar-refractivity contribution in [3.8, 4) is 6.07 Å². The summed E-state index contributed by atoms with van der Waals surface area (Å²) in [7, 11) is 0. The molecule has 0 radical (unpaired) electrons. The number of rotatable bonds is 3. The highest BCUT2D eigenvalue weighted by Crippen LogP contribution is 2.55. The molecule has 2 aliphatic rings. The third-order valence-corrected chi connectivity index (χ3v) is 6.81. The molecule has 0 aliphatic carbocycles. The van der Waals surface area contributed by atoms with Gasteiger partial charge in [0.15, 0.2) is 4.87 Å². The van der Waals surface area contributed by atoms with Crippen LogP contribution in [0.3, 0.4) is 0 Å². The lowest BCUT2D eigenvalue weighted by Gasteiger charge is -2.33. The molecule has 4 rings (SSSR count). The second kappa shape index (κ2) is 7.16. The summed E-state index contributed by atoms with van der Waals surface area (Å²) in [5, 5.41) is 9.70. The Hall–Kier alpha value is -2.49. The zero-order valence-electron chi connectivity index (χ0n) is 15.3. The minimum absolute atomic E-state index is 0.0439. The van der Waals surface area contributed by atoms with Crippen LogP contribution in [0.4, 0.5) is 5.69 Å². The van der Waals surface area contributed by atoms with Crippen LogP contribution in [0.1, 0.15) is 30.0 Å². The van der Waals surface area contributed by atoms with E-state index in [0.717, 1.165) is 16.8 Å². The van der Waals surface area contributed by atoms with Crippen LogP contribution in [-0.4, -0.2) is 29.0 Å². The first-order valence-corrected chi connectivity index (χ1v) is 10.4. The van der Waals surface area contributed by atoms with Gasteiger partial charge in [0, 0.05) is 29.3 Å². The molecule has 1 spiro atoms. The van der Waals surface area contributed by atoms with Crippen LogP contribution in [-0.2, 0) is 21.0 Å². The van der Waals surface area contributed by atoms with Gasteiger partial charge in [-0.05, 0) is 35.9 Å². The van der Waals surface area contributed by atoms with Crippen LogP contribution in [0.25, 0.3) is 0 Å². The van der Waals surface area contributed by atoms with Gasteiger partial charge in [0.25, 0.3) is 5.91 Å². The lowest BCUT2D eigenvalue weighted by Crippen LogP contribution is -2.50. The first-order chi connectivity index (χ1) is 13.5. The minimum Gasteiger partial charge on any atom is -0.315 e. The van der Waals surface area contributed by atoms with Crippen LogP contribution in [0.15, 0.2) is 42.5 Å². The van der Waals surface area contributed by atoms with E-state index in [0.29, 0.717) is 35.8 Å². The van der Waals surface area contributed by atoms with Crippen molar-refractivity contribution in [2.45, 2.75) is 24.8 Å². The Labute approximate surface area is 172 Å². The fourth-order valence-electron chi connectivity index (χ4n) is 3.91. The van der Waals surface area contributed by atoms with Crippen LogP contribution in [0.5, 0.6) is 0 Å². The summed E-state index contributed by atoms with van der Waals surface area (Å²) in [5.74, 6) is 0.523. The molecule has 5 nitrogen and oxygen atoms in total. The van der Waals surface area contributed by atoms with E-state index in [2.05, 4.69) is 6.07 Å². The zero-order valence-corrected chi connectivity index (χ0v) is 16.9. The maximum absolute atomic E-state index is 13.7. The van der Waals surface area contributed by atoms with E-state index >= 15 is 0 Å². The number of fused-ring (bicyclic) bond motifs is 2. The molecule has 2 aliphatic heterocycles. The standard InChI is InChI=1S/C21H18ClN3O2S/c1-2-19(26)25-8-9-28-21(25)17-11-16(22)6-7-18(17)24(20(21)27)13-15-5-3-4-14(10-15)12-23/h3-7,10-11H,2,8-9,13H2,1H3/t21-/m0/s1. The van der Waals surface area contributed by atoms with E-state index < -0.39 is 4.87 Å². The van der Waals surface area contributed by atoms with Crippen LogP contribution in [0.2, 0.25) is 5.02 Å². The monoisotopic (exact) mass is 411 g/mol. The van der Waals surface area contributed by atoms with Gasteiger partial charge in [-0.2, -0.15) is 5.26 Å². The Kier molecular flexibility index (Phi) is 4.82. The average Bonchev–Trinajstić information content (AvgIpc) is 3.25. The van der Waals surface area contributed by atoms with Gasteiger partial charge in [-0.25, -0.2) is 0 Å². The normalized spacial score (nSPS) is 20.5. The molecule has 1 atom stereocenters. The molecule has 2 aromatic rings. The fourth-order valence-corrected chi connectivity index (χ4v) is 5.56. The molecular weight excluding hydrogens is 394 g/mol. The number of benzene rings is 2. The molecule has 2 heterocycles. The molecule has 0 bridgehead atoms. The third kappa shape index (κ3) is 2.78. The lowest BCUT2D eigenvalue weighted by molar-refractivity contribution is -0.139. The zero-order chi connectivity index (χ0) is 19.9. The number of carbonyl (C=O) groups is 2. The number of anilines is 1. The van der Waals surface area contributed by atoms with Gasteiger partial charge >= 0.3 is 0 Å². The second-order valence-electron chi connectivity index (χ2n) is 6.76. The smallest absolute Gasteiger partial charge is 0.268 e. The number of nitriles is 1. The van der Waals surface area contributed by atoms with Gasteiger partial charge in [-0.3, -0.25) is 9.59 Å². The minimum atomic E-state index is -1.06. The topological polar surface area (TPSA) is 64.4 Å². The van der Waals surface area contributed by atoms with Crippen LogP contribution >= 0.6 is 23.4 Å².